The fourth-order valence-electron chi connectivity index (χ4n) is 3.10. The topological polar surface area (TPSA) is 20.9 Å². The molecule has 1 aromatic heterocycles. The average molecular weight is 324 g/mol. The van der Waals surface area contributed by atoms with Gasteiger partial charge in [-0.3, -0.25) is 4.79 Å². The van der Waals surface area contributed by atoms with Gasteiger partial charge in [-0.25, -0.2) is 4.57 Å². The minimum atomic E-state index is 0.0536. The van der Waals surface area contributed by atoms with Gasteiger partial charge < -0.3 is 0 Å². The van der Waals surface area contributed by atoms with Gasteiger partial charge in [0.2, 0.25) is 0 Å². The van der Waals surface area contributed by atoms with E-state index in [0.717, 1.165) is 6.54 Å². The van der Waals surface area contributed by atoms with Crippen molar-refractivity contribution in [1.29, 1.82) is 0 Å². The highest BCUT2D eigenvalue weighted by atomic mass is 16.1. The van der Waals surface area contributed by atoms with Gasteiger partial charge in [0.05, 0.1) is 0 Å². The van der Waals surface area contributed by atoms with Crippen LogP contribution in [0.25, 0.3) is 10.8 Å². The van der Waals surface area contributed by atoms with Crippen LogP contribution in [-0.2, 0) is 6.54 Å². The number of carbonyl (C=O) groups excluding carboxylic acids is 1. The smallest absolute Gasteiger partial charge is 0.193 e. The second kappa shape index (κ2) is 6.70. The lowest BCUT2D eigenvalue weighted by Gasteiger charge is -2.04. The van der Waals surface area contributed by atoms with Gasteiger partial charge in [-0.2, -0.15) is 0 Å². The fraction of sp³-hybridized carbons (Fsp3) is 0.0435. The van der Waals surface area contributed by atoms with E-state index in [1.807, 2.05) is 54.9 Å². The number of ketones is 1. The summed E-state index contributed by atoms with van der Waals surface area (Å²) in [6.07, 6.45) is 3.94. The Morgan fingerprint density at radius 2 is 1.32 bits per heavy atom. The molecule has 0 bridgehead atoms. The van der Waals surface area contributed by atoms with Crippen LogP contribution in [0.2, 0.25) is 0 Å². The molecule has 0 radical (unpaired) electrons. The van der Waals surface area contributed by atoms with Crippen LogP contribution in [0.15, 0.2) is 97.3 Å². The van der Waals surface area contributed by atoms with Crippen molar-refractivity contribution in [2.24, 2.45) is 0 Å². The molecule has 4 aromatic rings. The van der Waals surface area contributed by atoms with E-state index >= 15 is 0 Å². The van der Waals surface area contributed by atoms with Crippen molar-refractivity contribution in [2.75, 3.05) is 0 Å². The van der Waals surface area contributed by atoms with E-state index in [4.69, 9.17) is 0 Å². The number of carbonyl (C=O) groups is 1. The van der Waals surface area contributed by atoms with E-state index < -0.39 is 0 Å². The number of benzene rings is 3. The number of pyridine rings is 1. The molecule has 0 N–H and O–H groups in total. The number of aromatic nitrogens is 1. The standard InChI is InChI=1S/C23H18NO/c25-23(19-8-2-1-3-9-19)20-13-15-24(16-14-20)17-21-11-6-10-18-7-4-5-12-22(18)21/h1-16H,17H2/q+1. The van der Waals surface area contributed by atoms with Crippen LogP contribution in [0, 0.1) is 0 Å². The summed E-state index contributed by atoms with van der Waals surface area (Å²) in [6.45, 7) is 0.779. The van der Waals surface area contributed by atoms with Gasteiger partial charge >= 0.3 is 0 Å². The van der Waals surface area contributed by atoms with Gasteiger partial charge in [0.1, 0.15) is 0 Å². The van der Waals surface area contributed by atoms with Crippen LogP contribution in [0.4, 0.5) is 0 Å². The van der Waals surface area contributed by atoms with Gasteiger partial charge in [0, 0.05) is 28.8 Å². The monoisotopic (exact) mass is 324 g/mol. The second-order valence-electron chi connectivity index (χ2n) is 6.09. The zero-order valence-corrected chi connectivity index (χ0v) is 13.8. The van der Waals surface area contributed by atoms with Crippen molar-refractivity contribution in [3.63, 3.8) is 0 Å². The molecule has 0 aliphatic rings. The Hall–Kier alpha value is -3.26. The van der Waals surface area contributed by atoms with Gasteiger partial charge in [-0.15, -0.1) is 0 Å². The molecule has 0 spiro atoms. The molecule has 0 unspecified atom stereocenters. The van der Waals surface area contributed by atoms with E-state index in [2.05, 4.69) is 47.0 Å². The van der Waals surface area contributed by atoms with Gasteiger partial charge in [0.15, 0.2) is 24.7 Å². The van der Waals surface area contributed by atoms with Crippen molar-refractivity contribution in [3.8, 4) is 0 Å². The summed E-state index contributed by atoms with van der Waals surface area (Å²) in [5.74, 6) is 0.0536. The maximum absolute atomic E-state index is 12.5. The highest BCUT2D eigenvalue weighted by Crippen LogP contribution is 2.18. The van der Waals surface area contributed by atoms with E-state index in [-0.39, 0.29) is 5.78 Å². The highest BCUT2D eigenvalue weighted by Gasteiger charge is 2.11. The average Bonchev–Trinajstić information content (AvgIpc) is 2.69. The molecule has 0 saturated heterocycles. The van der Waals surface area contributed by atoms with Crippen molar-refractivity contribution >= 4 is 16.6 Å². The van der Waals surface area contributed by atoms with Crippen LogP contribution in [-0.4, -0.2) is 5.78 Å². The molecule has 0 atom stereocenters. The van der Waals surface area contributed by atoms with E-state index in [1.54, 1.807) is 0 Å². The molecular weight excluding hydrogens is 306 g/mol. The molecule has 0 aliphatic carbocycles. The first kappa shape index (κ1) is 15.3. The zero-order chi connectivity index (χ0) is 17.1. The quantitative estimate of drug-likeness (QED) is 0.402. The molecular formula is C23H18NO+. The third-order valence-electron chi connectivity index (χ3n) is 4.42. The number of fused-ring (bicyclic) bond motifs is 1. The normalized spacial score (nSPS) is 10.7. The predicted octanol–water partition coefficient (Wildman–Crippen LogP) is 4.41. The van der Waals surface area contributed by atoms with Crippen LogP contribution in [0.3, 0.4) is 0 Å². The largest absolute Gasteiger partial charge is 0.289 e. The fourth-order valence-corrected chi connectivity index (χ4v) is 3.10. The molecule has 0 aliphatic heterocycles. The maximum Gasteiger partial charge on any atom is 0.193 e. The Bertz CT molecular complexity index is 1020. The predicted molar refractivity (Wildman–Crippen MR) is 99.6 cm³/mol. The Morgan fingerprint density at radius 3 is 2.12 bits per heavy atom. The number of hydrogen-bond acceptors (Lipinski definition) is 1. The molecule has 4 rings (SSSR count). The lowest BCUT2D eigenvalue weighted by molar-refractivity contribution is -0.688. The Balaban J connectivity index is 1.59. The Labute approximate surface area is 147 Å². The molecule has 0 fully saturated rings. The zero-order valence-electron chi connectivity index (χ0n) is 13.8. The van der Waals surface area contributed by atoms with Gasteiger partial charge in [-0.05, 0) is 10.8 Å². The molecule has 120 valence electrons. The Morgan fingerprint density at radius 1 is 0.680 bits per heavy atom. The molecule has 2 heteroatoms. The Kier molecular flexibility index (Phi) is 4.09. The van der Waals surface area contributed by atoms with Crippen molar-refractivity contribution in [3.05, 3.63) is 114 Å². The third-order valence-corrected chi connectivity index (χ3v) is 4.42. The summed E-state index contributed by atoms with van der Waals surface area (Å²) in [6, 6.07) is 27.9. The van der Waals surface area contributed by atoms with Gasteiger partial charge in [-0.1, -0.05) is 72.8 Å². The third kappa shape index (κ3) is 3.20. The van der Waals surface area contributed by atoms with Crippen LogP contribution >= 0.6 is 0 Å². The number of nitrogens with zero attached hydrogens (tertiary/aromatic N) is 1. The van der Waals surface area contributed by atoms with Crippen molar-refractivity contribution in [1.82, 2.24) is 0 Å². The summed E-state index contributed by atoms with van der Waals surface area (Å²) in [7, 11) is 0. The van der Waals surface area contributed by atoms with Crippen LogP contribution in [0.5, 0.6) is 0 Å². The van der Waals surface area contributed by atoms with Crippen LogP contribution < -0.4 is 4.57 Å². The second-order valence-corrected chi connectivity index (χ2v) is 6.09. The van der Waals surface area contributed by atoms with Crippen molar-refractivity contribution < 1.29 is 9.36 Å². The maximum atomic E-state index is 12.5. The molecule has 25 heavy (non-hydrogen) atoms. The molecule has 0 amide bonds. The first-order chi connectivity index (χ1) is 12.3. The lowest BCUT2D eigenvalue weighted by Crippen LogP contribution is -2.33. The summed E-state index contributed by atoms with van der Waals surface area (Å²) >= 11 is 0. The summed E-state index contributed by atoms with van der Waals surface area (Å²) in [5.41, 5.74) is 2.69. The summed E-state index contributed by atoms with van der Waals surface area (Å²) in [4.78, 5) is 12.5. The van der Waals surface area contributed by atoms with E-state index in [9.17, 15) is 4.79 Å². The summed E-state index contributed by atoms with van der Waals surface area (Å²) < 4.78 is 2.10. The SMILES string of the molecule is O=C(c1ccccc1)c1cc[n+](Cc2cccc3ccccc23)cc1. The van der Waals surface area contributed by atoms with E-state index in [0.29, 0.717) is 11.1 Å². The van der Waals surface area contributed by atoms with E-state index in [1.165, 1.54) is 16.3 Å². The van der Waals surface area contributed by atoms with Crippen molar-refractivity contribution in [2.45, 2.75) is 6.54 Å². The minimum absolute atomic E-state index is 0.0536. The minimum Gasteiger partial charge on any atom is -0.289 e. The van der Waals surface area contributed by atoms with Gasteiger partial charge in [0.25, 0.3) is 0 Å². The molecule has 1 heterocycles. The first-order valence-electron chi connectivity index (χ1n) is 8.37. The number of hydrogen-bond donors (Lipinski definition) is 0. The first-order valence-corrected chi connectivity index (χ1v) is 8.37. The summed E-state index contributed by atoms with van der Waals surface area (Å²) in [5, 5.41) is 2.51. The number of rotatable bonds is 4. The highest BCUT2D eigenvalue weighted by molar-refractivity contribution is 6.08. The molecule has 2 nitrogen and oxygen atoms in total. The molecule has 0 saturated carbocycles. The molecule has 3 aromatic carbocycles. The van der Waals surface area contributed by atoms with Crippen LogP contribution in [0.1, 0.15) is 21.5 Å². The lowest BCUT2D eigenvalue weighted by atomic mass is 10.0.